The van der Waals surface area contributed by atoms with E-state index in [9.17, 15) is 9.59 Å². The summed E-state index contributed by atoms with van der Waals surface area (Å²) >= 11 is 0. The van der Waals surface area contributed by atoms with Crippen molar-refractivity contribution in [3.63, 3.8) is 0 Å². The molecule has 0 aliphatic heterocycles. The van der Waals surface area contributed by atoms with Crippen LogP contribution in [-0.4, -0.2) is 23.6 Å². The Bertz CT molecular complexity index is 282. The molecule has 0 fully saturated rings. The van der Waals surface area contributed by atoms with Gasteiger partial charge < -0.3 is 15.8 Å². The van der Waals surface area contributed by atoms with Gasteiger partial charge in [-0.05, 0) is 33.6 Å². The number of nitrogens with one attached hydrogen (secondary N) is 1. The minimum absolute atomic E-state index is 0.104. The molecule has 0 unspecified atom stereocenters. The van der Waals surface area contributed by atoms with Crippen molar-refractivity contribution in [2.45, 2.75) is 51.7 Å². The molecule has 1 atom stereocenters. The molecule has 0 aromatic carbocycles. The molecule has 5 nitrogen and oxygen atoms in total. The maximum atomic E-state index is 11.5. The Hall–Kier alpha value is -1.52. The van der Waals surface area contributed by atoms with Gasteiger partial charge in [-0.25, -0.2) is 4.79 Å². The van der Waals surface area contributed by atoms with Gasteiger partial charge in [0, 0.05) is 12.5 Å². The molecule has 3 N–H and O–H groups in total. The number of rotatable bonds is 6. The lowest BCUT2D eigenvalue weighted by molar-refractivity contribution is -0.118. The SMILES string of the molecule is C=CCC[C@@H](CC(N)=O)NC(=O)OC(C)(C)C. The molecule has 0 radical (unpaired) electrons. The van der Waals surface area contributed by atoms with Crippen LogP contribution in [-0.2, 0) is 9.53 Å². The van der Waals surface area contributed by atoms with Crippen molar-refractivity contribution >= 4 is 12.0 Å². The molecular formula is C12H22N2O3. The lowest BCUT2D eigenvalue weighted by Gasteiger charge is -2.22. The lowest BCUT2D eigenvalue weighted by atomic mass is 10.1. The molecule has 0 bridgehead atoms. The van der Waals surface area contributed by atoms with E-state index < -0.39 is 17.6 Å². The zero-order chi connectivity index (χ0) is 13.5. The highest BCUT2D eigenvalue weighted by molar-refractivity contribution is 5.75. The van der Waals surface area contributed by atoms with Crippen molar-refractivity contribution in [1.82, 2.24) is 5.32 Å². The summed E-state index contributed by atoms with van der Waals surface area (Å²) in [6, 6.07) is -0.305. The van der Waals surface area contributed by atoms with Gasteiger partial charge in [-0.3, -0.25) is 4.79 Å². The molecule has 0 heterocycles. The summed E-state index contributed by atoms with van der Waals surface area (Å²) < 4.78 is 5.10. The quantitative estimate of drug-likeness (QED) is 0.696. The lowest BCUT2D eigenvalue weighted by Crippen LogP contribution is -2.41. The van der Waals surface area contributed by atoms with Crippen LogP contribution in [0.2, 0.25) is 0 Å². The van der Waals surface area contributed by atoms with Crippen LogP contribution in [0.5, 0.6) is 0 Å². The summed E-state index contributed by atoms with van der Waals surface area (Å²) in [7, 11) is 0. The average molecular weight is 242 g/mol. The number of carbonyl (C=O) groups excluding carboxylic acids is 2. The van der Waals surface area contributed by atoms with Crippen molar-refractivity contribution in [2.24, 2.45) is 5.73 Å². The Balaban J connectivity index is 4.26. The molecular weight excluding hydrogens is 220 g/mol. The zero-order valence-electron chi connectivity index (χ0n) is 10.8. The number of allylic oxidation sites excluding steroid dienone is 1. The van der Waals surface area contributed by atoms with Gasteiger partial charge in [0.1, 0.15) is 5.60 Å². The van der Waals surface area contributed by atoms with E-state index in [2.05, 4.69) is 11.9 Å². The van der Waals surface area contributed by atoms with Crippen LogP contribution in [0.15, 0.2) is 12.7 Å². The third-order valence-corrected chi connectivity index (χ3v) is 1.89. The number of nitrogens with two attached hydrogens (primary N) is 1. The topological polar surface area (TPSA) is 81.4 Å². The molecule has 2 amide bonds. The number of primary amides is 1. The Morgan fingerprint density at radius 3 is 2.47 bits per heavy atom. The van der Waals surface area contributed by atoms with Crippen LogP contribution in [0.4, 0.5) is 4.79 Å². The van der Waals surface area contributed by atoms with Gasteiger partial charge in [-0.1, -0.05) is 6.08 Å². The van der Waals surface area contributed by atoms with Gasteiger partial charge in [-0.2, -0.15) is 0 Å². The maximum absolute atomic E-state index is 11.5. The third kappa shape index (κ3) is 9.41. The second-order valence-corrected chi connectivity index (χ2v) is 4.88. The molecule has 0 aromatic rings. The van der Waals surface area contributed by atoms with Gasteiger partial charge in [0.25, 0.3) is 0 Å². The van der Waals surface area contributed by atoms with Crippen molar-refractivity contribution in [2.75, 3.05) is 0 Å². The van der Waals surface area contributed by atoms with E-state index in [4.69, 9.17) is 10.5 Å². The van der Waals surface area contributed by atoms with E-state index in [1.54, 1.807) is 26.8 Å². The monoisotopic (exact) mass is 242 g/mol. The maximum Gasteiger partial charge on any atom is 0.407 e. The zero-order valence-corrected chi connectivity index (χ0v) is 10.8. The number of ether oxygens (including phenoxy) is 1. The molecule has 98 valence electrons. The van der Waals surface area contributed by atoms with Crippen LogP contribution >= 0.6 is 0 Å². The minimum atomic E-state index is -0.556. The smallest absolute Gasteiger partial charge is 0.407 e. The van der Waals surface area contributed by atoms with Crippen molar-refractivity contribution in [3.05, 3.63) is 12.7 Å². The molecule has 0 saturated carbocycles. The van der Waals surface area contributed by atoms with Crippen LogP contribution in [0.25, 0.3) is 0 Å². The van der Waals surface area contributed by atoms with Crippen LogP contribution in [0, 0.1) is 0 Å². The van der Waals surface area contributed by atoms with Gasteiger partial charge in [0.05, 0.1) is 0 Å². The molecule has 0 aliphatic carbocycles. The Labute approximate surface area is 102 Å². The largest absolute Gasteiger partial charge is 0.444 e. The number of hydrogen-bond donors (Lipinski definition) is 2. The van der Waals surface area contributed by atoms with E-state index in [0.29, 0.717) is 12.8 Å². The highest BCUT2D eigenvalue weighted by atomic mass is 16.6. The standard InChI is InChI=1S/C12H22N2O3/c1-5-6-7-9(8-10(13)15)14-11(16)17-12(2,3)4/h5,9H,1,6-8H2,2-4H3,(H2,13,15)(H,14,16)/t9-/m0/s1. The van der Waals surface area contributed by atoms with E-state index in [-0.39, 0.29) is 12.5 Å². The summed E-state index contributed by atoms with van der Waals surface area (Å²) in [4.78, 5) is 22.3. The highest BCUT2D eigenvalue weighted by Gasteiger charge is 2.20. The fourth-order valence-corrected chi connectivity index (χ4v) is 1.26. The second kappa shape index (κ2) is 6.93. The predicted molar refractivity (Wildman–Crippen MR) is 66.4 cm³/mol. The Morgan fingerprint density at radius 1 is 1.47 bits per heavy atom. The fraction of sp³-hybridized carbons (Fsp3) is 0.667. The summed E-state index contributed by atoms with van der Waals surface area (Å²) in [6.45, 7) is 8.92. The molecule has 0 aromatic heterocycles. The number of hydrogen-bond acceptors (Lipinski definition) is 3. The molecule has 0 rings (SSSR count). The molecule has 0 saturated heterocycles. The number of amides is 2. The van der Waals surface area contributed by atoms with Crippen molar-refractivity contribution in [3.8, 4) is 0 Å². The van der Waals surface area contributed by atoms with Gasteiger partial charge in [0.2, 0.25) is 5.91 Å². The van der Waals surface area contributed by atoms with E-state index in [1.807, 2.05) is 0 Å². The summed E-state index contributed by atoms with van der Waals surface area (Å²) in [5.41, 5.74) is 4.56. The predicted octanol–water partition coefficient (Wildman–Crippen LogP) is 1.72. The molecule has 0 aliphatic rings. The number of carbonyl (C=O) groups is 2. The van der Waals surface area contributed by atoms with Gasteiger partial charge in [0.15, 0.2) is 0 Å². The average Bonchev–Trinajstić information content (AvgIpc) is 2.09. The Morgan fingerprint density at radius 2 is 2.06 bits per heavy atom. The molecule has 5 heteroatoms. The first-order chi connectivity index (χ1) is 7.74. The van der Waals surface area contributed by atoms with E-state index in [1.165, 1.54) is 0 Å². The highest BCUT2D eigenvalue weighted by Crippen LogP contribution is 2.08. The van der Waals surface area contributed by atoms with Crippen LogP contribution < -0.4 is 11.1 Å². The summed E-state index contributed by atoms with van der Waals surface area (Å²) in [6.07, 6.45) is 2.62. The first-order valence-electron chi connectivity index (χ1n) is 5.63. The normalized spacial score (nSPS) is 12.6. The first kappa shape index (κ1) is 15.5. The number of alkyl carbamates (subject to hydrolysis) is 1. The van der Waals surface area contributed by atoms with Gasteiger partial charge >= 0.3 is 6.09 Å². The van der Waals surface area contributed by atoms with E-state index >= 15 is 0 Å². The summed E-state index contributed by atoms with van der Waals surface area (Å²) in [5.74, 6) is -0.449. The van der Waals surface area contributed by atoms with Crippen molar-refractivity contribution in [1.29, 1.82) is 0 Å². The first-order valence-corrected chi connectivity index (χ1v) is 5.63. The van der Waals surface area contributed by atoms with Crippen LogP contribution in [0.3, 0.4) is 0 Å². The fourth-order valence-electron chi connectivity index (χ4n) is 1.26. The van der Waals surface area contributed by atoms with E-state index in [0.717, 1.165) is 0 Å². The third-order valence-electron chi connectivity index (χ3n) is 1.89. The second-order valence-electron chi connectivity index (χ2n) is 4.88. The van der Waals surface area contributed by atoms with Crippen LogP contribution in [0.1, 0.15) is 40.0 Å². The molecule has 17 heavy (non-hydrogen) atoms. The Kier molecular flexibility index (Phi) is 6.31. The minimum Gasteiger partial charge on any atom is -0.444 e. The summed E-state index contributed by atoms with van der Waals surface area (Å²) in [5, 5.41) is 2.63. The molecule has 0 spiro atoms. The van der Waals surface area contributed by atoms with Crippen molar-refractivity contribution < 1.29 is 14.3 Å². The van der Waals surface area contributed by atoms with Gasteiger partial charge in [-0.15, -0.1) is 6.58 Å².